The zero-order valence-corrected chi connectivity index (χ0v) is 14.6. The van der Waals surface area contributed by atoms with Crippen LogP contribution in [0.5, 0.6) is 0 Å². The van der Waals surface area contributed by atoms with Crippen LogP contribution in [-0.2, 0) is 11.3 Å². The Hall–Kier alpha value is -1.18. The van der Waals surface area contributed by atoms with Gasteiger partial charge in [-0.1, -0.05) is 22.0 Å². The highest BCUT2D eigenvalue weighted by Crippen LogP contribution is 2.18. The summed E-state index contributed by atoms with van der Waals surface area (Å²) in [7, 11) is 0. The minimum Gasteiger partial charge on any atom is -0.378 e. The number of piperazine rings is 1. The molecule has 0 aliphatic carbocycles. The Morgan fingerprint density at radius 2 is 1.74 bits per heavy atom. The van der Waals surface area contributed by atoms with E-state index in [2.05, 4.69) is 20.8 Å². The molecule has 5 nitrogen and oxygen atoms in total. The first-order valence-electron chi connectivity index (χ1n) is 7.91. The second kappa shape index (κ2) is 7.59. The third-order valence-corrected chi connectivity index (χ3v) is 4.83. The summed E-state index contributed by atoms with van der Waals surface area (Å²) in [5.41, 5.74) is 0.696. The van der Waals surface area contributed by atoms with E-state index in [1.54, 1.807) is 0 Å². The summed E-state index contributed by atoms with van der Waals surface area (Å²) < 4.78 is 19.9. The SMILES string of the molecule is O=C(N1CCOCC1)N1CCN(Cc2ccc(Br)cc2F)CC1. The Kier molecular flexibility index (Phi) is 5.50. The van der Waals surface area contributed by atoms with Crippen LogP contribution >= 0.6 is 15.9 Å². The fraction of sp³-hybridized carbons (Fsp3) is 0.562. The fourth-order valence-electron chi connectivity index (χ4n) is 2.94. The van der Waals surface area contributed by atoms with E-state index in [0.717, 1.165) is 17.6 Å². The molecule has 1 aromatic rings. The van der Waals surface area contributed by atoms with Gasteiger partial charge >= 0.3 is 6.03 Å². The van der Waals surface area contributed by atoms with E-state index in [-0.39, 0.29) is 11.8 Å². The van der Waals surface area contributed by atoms with Crippen LogP contribution in [-0.4, -0.2) is 73.2 Å². The molecule has 2 amide bonds. The lowest BCUT2D eigenvalue weighted by atomic mass is 10.2. The lowest BCUT2D eigenvalue weighted by molar-refractivity contribution is 0.0372. The summed E-state index contributed by atoms with van der Waals surface area (Å²) in [4.78, 5) is 18.4. The predicted octanol–water partition coefficient (Wildman–Crippen LogP) is 2.16. The third-order valence-electron chi connectivity index (χ3n) is 4.33. The van der Waals surface area contributed by atoms with Crippen LogP contribution in [0.4, 0.5) is 9.18 Å². The maximum Gasteiger partial charge on any atom is 0.320 e. The Morgan fingerprint density at radius 3 is 2.39 bits per heavy atom. The first kappa shape index (κ1) is 16.7. The number of halogens is 2. The van der Waals surface area contributed by atoms with Gasteiger partial charge in [-0.2, -0.15) is 0 Å². The van der Waals surface area contributed by atoms with E-state index in [1.807, 2.05) is 21.9 Å². The van der Waals surface area contributed by atoms with E-state index in [1.165, 1.54) is 6.07 Å². The molecule has 0 bridgehead atoms. The number of ether oxygens (including phenoxy) is 1. The minimum atomic E-state index is -0.189. The molecule has 2 fully saturated rings. The van der Waals surface area contributed by atoms with E-state index < -0.39 is 0 Å². The van der Waals surface area contributed by atoms with Crippen LogP contribution in [0, 0.1) is 5.82 Å². The topological polar surface area (TPSA) is 36.0 Å². The monoisotopic (exact) mass is 385 g/mol. The summed E-state index contributed by atoms with van der Waals surface area (Å²) in [6.07, 6.45) is 0. The number of carbonyl (C=O) groups excluding carboxylic acids is 1. The number of benzene rings is 1. The van der Waals surface area contributed by atoms with Crippen molar-refractivity contribution in [1.29, 1.82) is 0 Å². The van der Waals surface area contributed by atoms with Gasteiger partial charge in [-0.3, -0.25) is 4.90 Å². The Balaban J connectivity index is 1.51. The van der Waals surface area contributed by atoms with Crippen LogP contribution in [0.2, 0.25) is 0 Å². The fourth-order valence-corrected chi connectivity index (χ4v) is 3.28. The predicted molar refractivity (Wildman–Crippen MR) is 88.7 cm³/mol. The molecule has 7 heteroatoms. The van der Waals surface area contributed by atoms with E-state index >= 15 is 0 Å². The van der Waals surface area contributed by atoms with Gasteiger partial charge in [0.2, 0.25) is 0 Å². The smallest absolute Gasteiger partial charge is 0.320 e. The Morgan fingerprint density at radius 1 is 1.09 bits per heavy atom. The summed E-state index contributed by atoms with van der Waals surface area (Å²) in [6.45, 7) is 6.08. The molecule has 0 spiro atoms. The van der Waals surface area contributed by atoms with Gasteiger partial charge in [-0.05, 0) is 12.1 Å². The third kappa shape index (κ3) is 4.22. The van der Waals surface area contributed by atoms with Gasteiger partial charge in [-0.15, -0.1) is 0 Å². The second-order valence-electron chi connectivity index (χ2n) is 5.88. The maximum absolute atomic E-state index is 13.9. The molecule has 2 aliphatic rings. The molecule has 0 saturated carbocycles. The average Bonchev–Trinajstić information content (AvgIpc) is 2.58. The normalized spacial score (nSPS) is 19.9. The van der Waals surface area contributed by atoms with Crippen LogP contribution in [0.3, 0.4) is 0 Å². The number of hydrogen-bond donors (Lipinski definition) is 0. The molecule has 3 rings (SSSR count). The summed E-state index contributed by atoms with van der Waals surface area (Å²) in [5, 5.41) is 0. The first-order chi connectivity index (χ1) is 11.1. The highest BCUT2D eigenvalue weighted by Gasteiger charge is 2.26. The van der Waals surface area contributed by atoms with Crippen LogP contribution in [0.25, 0.3) is 0 Å². The molecule has 0 N–H and O–H groups in total. The van der Waals surface area contributed by atoms with E-state index in [0.29, 0.717) is 51.5 Å². The van der Waals surface area contributed by atoms with Crippen molar-refractivity contribution in [2.45, 2.75) is 6.54 Å². The molecule has 23 heavy (non-hydrogen) atoms. The highest BCUT2D eigenvalue weighted by molar-refractivity contribution is 9.10. The number of nitrogens with zero attached hydrogens (tertiary/aromatic N) is 3. The second-order valence-corrected chi connectivity index (χ2v) is 6.80. The minimum absolute atomic E-state index is 0.0998. The molecule has 0 unspecified atom stereocenters. The van der Waals surface area contributed by atoms with Gasteiger partial charge in [0.15, 0.2) is 0 Å². The number of amides is 2. The number of morpholine rings is 1. The van der Waals surface area contributed by atoms with Gasteiger partial charge in [0, 0.05) is 55.8 Å². The van der Waals surface area contributed by atoms with Crippen molar-refractivity contribution in [3.63, 3.8) is 0 Å². The van der Waals surface area contributed by atoms with E-state index in [4.69, 9.17) is 4.74 Å². The van der Waals surface area contributed by atoms with Gasteiger partial charge in [0.05, 0.1) is 13.2 Å². The Labute approximate surface area is 144 Å². The molecule has 126 valence electrons. The first-order valence-corrected chi connectivity index (χ1v) is 8.70. The highest BCUT2D eigenvalue weighted by atomic mass is 79.9. The van der Waals surface area contributed by atoms with Crippen molar-refractivity contribution >= 4 is 22.0 Å². The lowest BCUT2D eigenvalue weighted by Crippen LogP contribution is -2.54. The molecule has 0 atom stereocenters. The zero-order chi connectivity index (χ0) is 16.2. The van der Waals surface area contributed by atoms with Crippen LogP contribution in [0.15, 0.2) is 22.7 Å². The molecule has 0 aromatic heterocycles. The molecule has 2 heterocycles. The van der Waals surface area contributed by atoms with Crippen LogP contribution < -0.4 is 0 Å². The molecule has 2 aliphatic heterocycles. The summed E-state index contributed by atoms with van der Waals surface area (Å²) >= 11 is 3.27. The molecule has 2 saturated heterocycles. The molecular formula is C16H21BrFN3O2. The van der Waals surface area contributed by atoms with Gasteiger partial charge < -0.3 is 14.5 Å². The van der Waals surface area contributed by atoms with Crippen molar-refractivity contribution in [3.05, 3.63) is 34.1 Å². The van der Waals surface area contributed by atoms with Crippen molar-refractivity contribution in [2.75, 3.05) is 52.5 Å². The number of carbonyl (C=O) groups is 1. The van der Waals surface area contributed by atoms with Gasteiger partial charge in [-0.25, -0.2) is 9.18 Å². The van der Waals surface area contributed by atoms with Crippen molar-refractivity contribution in [1.82, 2.24) is 14.7 Å². The van der Waals surface area contributed by atoms with Gasteiger partial charge in [0.1, 0.15) is 5.82 Å². The number of rotatable bonds is 2. The molecular weight excluding hydrogens is 365 g/mol. The van der Waals surface area contributed by atoms with E-state index in [9.17, 15) is 9.18 Å². The lowest BCUT2D eigenvalue weighted by Gasteiger charge is -2.38. The quantitative estimate of drug-likeness (QED) is 0.782. The summed E-state index contributed by atoms with van der Waals surface area (Å²) in [6, 6.07) is 5.26. The zero-order valence-electron chi connectivity index (χ0n) is 13.0. The summed E-state index contributed by atoms with van der Waals surface area (Å²) in [5.74, 6) is -0.189. The maximum atomic E-state index is 13.9. The van der Waals surface area contributed by atoms with Crippen LogP contribution in [0.1, 0.15) is 5.56 Å². The standard InChI is InChI=1S/C16H21BrFN3O2/c17-14-2-1-13(15(18)11-14)12-19-3-5-20(6-4-19)16(22)21-7-9-23-10-8-21/h1-2,11H,3-10,12H2. The molecule has 0 radical (unpaired) electrons. The van der Waals surface area contributed by atoms with Crippen molar-refractivity contribution < 1.29 is 13.9 Å². The van der Waals surface area contributed by atoms with Gasteiger partial charge in [0.25, 0.3) is 0 Å². The Bertz CT molecular complexity index is 558. The number of urea groups is 1. The largest absolute Gasteiger partial charge is 0.378 e. The molecule has 1 aromatic carbocycles. The average molecular weight is 386 g/mol. The van der Waals surface area contributed by atoms with Crippen molar-refractivity contribution in [2.24, 2.45) is 0 Å². The van der Waals surface area contributed by atoms with Crippen molar-refractivity contribution in [3.8, 4) is 0 Å². The number of hydrogen-bond acceptors (Lipinski definition) is 3.